The zero-order valence-corrected chi connectivity index (χ0v) is 10.2. The van der Waals surface area contributed by atoms with Gasteiger partial charge in [-0.2, -0.15) is 0 Å². The highest BCUT2D eigenvalue weighted by Gasteiger charge is 1.79. The third kappa shape index (κ3) is 7.31. The number of nitrogens with zero attached hydrogens (tertiary/aromatic N) is 1. The van der Waals surface area contributed by atoms with E-state index in [0.29, 0.717) is 0 Å². The van der Waals surface area contributed by atoms with Crippen LogP contribution in [0.4, 0.5) is 0 Å². The summed E-state index contributed by atoms with van der Waals surface area (Å²) in [5.41, 5.74) is 0. The first-order chi connectivity index (χ1) is 5.66. The van der Waals surface area contributed by atoms with Gasteiger partial charge in [0, 0.05) is 0 Å². The lowest BCUT2D eigenvalue weighted by molar-refractivity contribution is 0.505. The number of hydrogen-bond donors (Lipinski definition) is 0. The van der Waals surface area contributed by atoms with Gasteiger partial charge in [-0.15, -0.1) is 0 Å². The van der Waals surface area contributed by atoms with Crippen LogP contribution in [0.15, 0.2) is 24.3 Å². The van der Waals surface area contributed by atoms with Gasteiger partial charge in [0.05, 0.1) is 0 Å². The largest absolute Gasteiger partial charge is 0.553 e. The molecule has 0 atom stereocenters. The van der Waals surface area contributed by atoms with Crippen molar-refractivity contribution in [2.45, 2.75) is 0 Å². The second-order valence-electron chi connectivity index (χ2n) is 2.78. The van der Waals surface area contributed by atoms with Crippen LogP contribution in [0.1, 0.15) is 0 Å². The van der Waals surface area contributed by atoms with Gasteiger partial charge >= 0.3 is 0 Å². The number of benzene rings is 1. The Labute approximate surface area is 77.7 Å². The Bertz CT molecular complexity index is 186. The van der Waals surface area contributed by atoms with Crippen LogP contribution >= 0.6 is 0 Å². The third-order valence-electron chi connectivity index (χ3n) is 0.923. The summed E-state index contributed by atoms with van der Waals surface area (Å²) < 4.78 is 5.03. The molecular weight excluding hydrogens is 166 g/mol. The first kappa shape index (κ1) is 11.2. The van der Waals surface area contributed by atoms with E-state index in [1.165, 1.54) is 0 Å². The van der Waals surface area contributed by atoms with Crippen molar-refractivity contribution in [1.82, 2.24) is 4.90 Å². The molecule has 0 aromatic heterocycles. The molecule has 0 spiro atoms. The van der Waals surface area contributed by atoms with Crippen molar-refractivity contribution in [3.63, 3.8) is 0 Å². The Kier molecular flexibility index (Phi) is 6.42. The molecule has 0 saturated heterocycles. The van der Waals surface area contributed by atoms with E-state index in [4.69, 9.17) is 4.43 Å². The lowest BCUT2D eigenvalue weighted by Gasteiger charge is -1.95. The minimum absolute atomic E-state index is 0.763. The summed E-state index contributed by atoms with van der Waals surface area (Å²) in [4.78, 5) is 2.00. The first-order valence-electron chi connectivity index (χ1n) is 3.78. The standard InChI is InChI=1S/C6H7OSi.C3H9N/c8-7-6-4-2-1-3-5-6;1-4(2)3/h2-5H,8H3;1-3H3. The van der Waals surface area contributed by atoms with E-state index in [0.717, 1.165) is 16.2 Å². The van der Waals surface area contributed by atoms with Crippen molar-refractivity contribution in [2.75, 3.05) is 21.1 Å². The molecule has 0 aliphatic carbocycles. The molecule has 0 saturated carbocycles. The lowest BCUT2D eigenvalue weighted by atomic mass is 10.3. The summed E-state index contributed by atoms with van der Waals surface area (Å²) in [6.07, 6.45) is 0. The SMILES string of the molecule is CN(C)C.[SiH3]Oc1cc[c]cc1. The lowest BCUT2D eigenvalue weighted by Crippen LogP contribution is -1.99. The van der Waals surface area contributed by atoms with Gasteiger partial charge in [0.15, 0.2) is 0 Å². The summed E-state index contributed by atoms with van der Waals surface area (Å²) >= 11 is 0. The molecule has 0 heterocycles. The summed E-state index contributed by atoms with van der Waals surface area (Å²) in [5.74, 6) is 0.940. The fourth-order valence-electron chi connectivity index (χ4n) is 0.508. The minimum Gasteiger partial charge on any atom is -0.553 e. The molecule has 1 aromatic rings. The van der Waals surface area contributed by atoms with Crippen LogP contribution in [0.2, 0.25) is 0 Å². The zero-order valence-electron chi connectivity index (χ0n) is 8.16. The maximum atomic E-state index is 5.03. The maximum Gasteiger partial charge on any atom is 0.204 e. The van der Waals surface area contributed by atoms with Gasteiger partial charge in [0.2, 0.25) is 10.5 Å². The van der Waals surface area contributed by atoms with Gasteiger partial charge < -0.3 is 9.33 Å². The molecule has 2 nitrogen and oxygen atoms in total. The quantitative estimate of drug-likeness (QED) is 0.580. The Morgan fingerprint density at radius 2 is 1.67 bits per heavy atom. The third-order valence-corrected chi connectivity index (χ3v) is 1.39. The maximum absolute atomic E-state index is 5.03. The van der Waals surface area contributed by atoms with Crippen LogP contribution in [-0.4, -0.2) is 36.5 Å². The molecule has 1 radical (unpaired) electrons. The van der Waals surface area contributed by atoms with Crippen LogP contribution in [0.5, 0.6) is 5.75 Å². The van der Waals surface area contributed by atoms with Gasteiger partial charge in [-0.05, 0) is 39.3 Å². The van der Waals surface area contributed by atoms with Gasteiger partial charge in [0.25, 0.3) is 0 Å². The monoisotopic (exact) mass is 182 g/mol. The highest BCUT2D eigenvalue weighted by molar-refractivity contribution is 5.99. The van der Waals surface area contributed by atoms with Crippen molar-refractivity contribution in [3.05, 3.63) is 30.3 Å². The van der Waals surface area contributed by atoms with E-state index in [1.54, 1.807) is 0 Å². The highest BCUT2D eigenvalue weighted by atomic mass is 28.2. The van der Waals surface area contributed by atoms with Crippen molar-refractivity contribution < 1.29 is 4.43 Å². The van der Waals surface area contributed by atoms with Crippen LogP contribution in [-0.2, 0) is 0 Å². The summed E-state index contributed by atoms with van der Waals surface area (Å²) in [7, 11) is 6.76. The topological polar surface area (TPSA) is 12.5 Å². The smallest absolute Gasteiger partial charge is 0.204 e. The molecule has 1 rings (SSSR count). The normalized spacial score (nSPS) is 9.00. The van der Waals surface area contributed by atoms with E-state index in [9.17, 15) is 0 Å². The predicted molar refractivity (Wildman–Crippen MR) is 55.5 cm³/mol. The molecule has 0 aliphatic rings. The van der Waals surface area contributed by atoms with Crippen molar-refractivity contribution in [3.8, 4) is 5.75 Å². The van der Waals surface area contributed by atoms with Crippen LogP contribution in [0, 0.1) is 6.07 Å². The van der Waals surface area contributed by atoms with E-state index in [1.807, 2.05) is 50.3 Å². The fraction of sp³-hybridized carbons (Fsp3) is 0.333. The molecule has 0 N–H and O–H groups in total. The molecule has 12 heavy (non-hydrogen) atoms. The van der Waals surface area contributed by atoms with Gasteiger partial charge in [-0.3, -0.25) is 0 Å². The van der Waals surface area contributed by atoms with E-state index >= 15 is 0 Å². The Hall–Kier alpha value is -0.803. The van der Waals surface area contributed by atoms with Gasteiger partial charge in [-0.25, -0.2) is 0 Å². The zero-order chi connectivity index (χ0) is 9.40. The molecule has 3 heteroatoms. The summed E-state index contributed by atoms with van der Waals surface area (Å²) in [6.45, 7) is 0. The number of hydrogen-bond acceptors (Lipinski definition) is 2. The Morgan fingerprint density at radius 3 is 1.92 bits per heavy atom. The van der Waals surface area contributed by atoms with Crippen LogP contribution in [0.3, 0.4) is 0 Å². The van der Waals surface area contributed by atoms with Crippen molar-refractivity contribution in [2.24, 2.45) is 0 Å². The molecule has 1 aromatic carbocycles. The molecule has 0 bridgehead atoms. The highest BCUT2D eigenvalue weighted by Crippen LogP contribution is 2.04. The average molecular weight is 182 g/mol. The molecule has 0 amide bonds. The fourth-order valence-corrected chi connectivity index (χ4v) is 0.780. The molecule has 0 fully saturated rings. The van der Waals surface area contributed by atoms with Gasteiger partial charge in [-0.1, -0.05) is 12.1 Å². The molecule has 0 aliphatic heterocycles. The molecule has 0 unspecified atom stereocenters. The van der Waals surface area contributed by atoms with Crippen molar-refractivity contribution >= 4 is 10.5 Å². The molecule has 67 valence electrons. The van der Waals surface area contributed by atoms with E-state index < -0.39 is 0 Å². The average Bonchev–Trinajstić information content (AvgIpc) is 2.05. The number of rotatable bonds is 1. The van der Waals surface area contributed by atoms with E-state index in [2.05, 4.69) is 6.07 Å². The second-order valence-corrected chi connectivity index (χ2v) is 3.19. The second kappa shape index (κ2) is 6.88. The molecular formula is C9H16NOSi. The first-order valence-corrected chi connectivity index (χ1v) is 4.59. The summed E-state index contributed by atoms with van der Waals surface area (Å²) in [6, 6.07) is 10.4. The van der Waals surface area contributed by atoms with Crippen LogP contribution < -0.4 is 4.43 Å². The predicted octanol–water partition coefficient (Wildman–Crippen LogP) is 0.324. The minimum atomic E-state index is 0.763. The van der Waals surface area contributed by atoms with E-state index in [-0.39, 0.29) is 0 Å². The Morgan fingerprint density at radius 1 is 1.25 bits per heavy atom. The summed E-state index contributed by atoms with van der Waals surface area (Å²) in [5, 5.41) is 0. The van der Waals surface area contributed by atoms with Gasteiger partial charge in [0.1, 0.15) is 5.75 Å². The van der Waals surface area contributed by atoms with Crippen molar-refractivity contribution in [1.29, 1.82) is 0 Å². The Balaban J connectivity index is 0.000000261. The van der Waals surface area contributed by atoms with Crippen LogP contribution in [0.25, 0.3) is 0 Å².